The lowest BCUT2D eigenvalue weighted by Crippen LogP contribution is -2.28. The average molecular weight is 266 g/mol. The highest BCUT2D eigenvalue weighted by molar-refractivity contribution is 5.53. The fourth-order valence-electron chi connectivity index (χ4n) is 2.48. The Hall–Kier alpha value is -1.26. The van der Waals surface area contributed by atoms with Crippen LogP contribution in [-0.4, -0.2) is 24.4 Å². The van der Waals surface area contributed by atoms with Crippen LogP contribution in [0.3, 0.4) is 0 Å². The van der Waals surface area contributed by atoms with Gasteiger partial charge in [0.15, 0.2) is 11.5 Å². The molecule has 106 valence electrons. The van der Waals surface area contributed by atoms with Gasteiger partial charge in [-0.15, -0.1) is 0 Å². The van der Waals surface area contributed by atoms with Gasteiger partial charge < -0.3 is 19.3 Å². The van der Waals surface area contributed by atoms with Gasteiger partial charge in [-0.05, 0) is 39.3 Å². The zero-order valence-electron chi connectivity index (χ0n) is 12.1. The Bertz CT molecular complexity index is 456. The number of aliphatic hydroxyl groups excluding tert-OH is 1. The number of hydrogen-bond donors (Lipinski definition) is 1. The summed E-state index contributed by atoms with van der Waals surface area (Å²) >= 11 is 0. The van der Waals surface area contributed by atoms with Gasteiger partial charge in [0, 0.05) is 5.56 Å². The Kier molecular flexibility index (Phi) is 4.02. The predicted molar refractivity (Wildman–Crippen MR) is 72.7 cm³/mol. The first-order valence-corrected chi connectivity index (χ1v) is 6.66. The van der Waals surface area contributed by atoms with E-state index < -0.39 is 6.10 Å². The van der Waals surface area contributed by atoms with E-state index in [1.54, 1.807) is 7.11 Å². The van der Waals surface area contributed by atoms with Crippen LogP contribution in [0.5, 0.6) is 11.5 Å². The zero-order valence-corrected chi connectivity index (χ0v) is 12.1. The molecule has 1 aromatic rings. The monoisotopic (exact) mass is 266 g/mol. The minimum absolute atomic E-state index is 0.0149. The van der Waals surface area contributed by atoms with Crippen molar-refractivity contribution in [2.24, 2.45) is 0 Å². The van der Waals surface area contributed by atoms with Crippen molar-refractivity contribution >= 4 is 0 Å². The van der Waals surface area contributed by atoms with Gasteiger partial charge in [-0.2, -0.15) is 0 Å². The molecule has 2 rings (SSSR count). The second-order valence-corrected chi connectivity index (χ2v) is 5.19. The van der Waals surface area contributed by atoms with E-state index >= 15 is 0 Å². The summed E-state index contributed by atoms with van der Waals surface area (Å²) in [6, 6.07) is 3.79. The van der Waals surface area contributed by atoms with Crippen LogP contribution in [0.25, 0.3) is 0 Å². The fourth-order valence-corrected chi connectivity index (χ4v) is 2.48. The van der Waals surface area contributed by atoms with Crippen molar-refractivity contribution in [1.82, 2.24) is 0 Å². The van der Waals surface area contributed by atoms with Gasteiger partial charge in [0.25, 0.3) is 0 Å². The molecule has 1 aromatic carbocycles. The Morgan fingerprint density at radius 2 is 1.95 bits per heavy atom. The molecule has 1 N–H and O–H groups in total. The third-order valence-corrected chi connectivity index (χ3v) is 3.36. The highest BCUT2D eigenvalue weighted by Gasteiger charge is 2.34. The molecule has 0 saturated carbocycles. The molecule has 1 heterocycles. The Morgan fingerprint density at radius 3 is 2.53 bits per heavy atom. The Morgan fingerprint density at radius 1 is 1.26 bits per heavy atom. The number of hydrogen-bond acceptors (Lipinski definition) is 4. The Balaban J connectivity index is 2.58. The molecule has 0 saturated heterocycles. The maximum absolute atomic E-state index is 10.4. The maximum atomic E-state index is 10.4. The first-order chi connectivity index (χ1) is 8.95. The van der Waals surface area contributed by atoms with Crippen molar-refractivity contribution in [3.8, 4) is 11.5 Å². The molecule has 3 atom stereocenters. The van der Waals surface area contributed by atoms with Gasteiger partial charge in [-0.3, -0.25) is 0 Å². The van der Waals surface area contributed by atoms with Gasteiger partial charge in [0.05, 0.1) is 25.4 Å². The number of fused-ring (bicyclic) bond motifs is 1. The summed E-state index contributed by atoms with van der Waals surface area (Å²) < 4.78 is 16.9. The van der Waals surface area contributed by atoms with E-state index in [1.807, 2.05) is 39.8 Å². The largest absolute Gasteiger partial charge is 0.493 e. The van der Waals surface area contributed by atoms with Crippen molar-refractivity contribution < 1.29 is 19.3 Å². The van der Waals surface area contributed by atoms with Crippen LogP contribution < -0.4 is 9.47 Å². The van der Waals surface area contributed by atoms with Crippen molar-refractivity contribution in [3.05, 3.63) is 23.3 Å². The molecule has 4 nitrogen and oxygen atoms in total. The summed E-state index contributed by atoms with van der Waals surface area (Å²) in [4.78, 5) is 0. The van der Waals surface area contributed by atoms with Crippen molar-refractivity contribution in [3.63, 3.8) is 0 Å². The summed E-state index contributed by atoms with van der Waals surface area (Å²) in [7, 11) is 1.60. The summed E-state index contributed by atoms with van der Waals surface area (Å²) in [5.41, 5.74) is 1.75. The van der Waals surface area contributed by atoms with E-state index in [9.17, 15) is 5.11 Å². The maximum Gasteiger partial charge on any atom is 0.167 e. The molecule has 4 heteroatoms. The highest BCUT2D eigenvalue weighted by atomic mass is 16.5. The SMILES string of the molecule is COc1ccc2c(c1OC(C)C)[C@@H](O)[C@H](C)O[C@@H]2C. The van der Waals surface area contributed by atoms with E-state index in [1.165, 1.54) is 0 Å². The molecule has 0 fully saturated rings. The summed E-state index contributed by atoms with van der Waals surface area (Å²) in [5.74, 6) is 1.28. The van der Waals surface area contributed by atoms with Gasteiger partial charge in [-0.25, -0.2) is 0 Å². The number of benzene rings is 1. The minimum Gasteiger partial charge on any atom is -0.493 e. The topological polar surface area (TPSA) is 47.9 Å². The van der Waals surface area contributed by atoms with E-state index in [2.05, 4.69) is 0 Å². The molecule has 0 amide bonds. The number of aliphatic hydroxyl groups is 1. The second kappa shape index (κ2) is 5.39. The smallest absolute Gasteiger partial charge is 0.167 e. The first-order valence-electron chi connectivity index (χ1n) is 6.66. The molecular weight excluding hydrogens is 244 g/mol. The van der Waals surface area contributed by atoms with Crippen molar-refractivity contribution in [2.45, 2.75) is 52.1 Å². The van der Waals surface area contributed by atoms with E-state index in [0.717, 1.165) is 11.1 Å². The molecular formula is C15H22O4. The third-order valence-electron chi connectivity index (χ3n) is 3.36. The number of ether oxygens (including phenoxy) is 3. The van der Waals surface area contributed by atoms with Crippen LogP contribution in [0, 0.1) is 0 Å². The molecule has 1 aliphatic rings. The lowest BCUT2D eigenvalue weighted by molar-refractivity contribution is -0.0821. The lowest BCUT2D eigenvalue weighted by atomic mass is 9.91. The molecule has 19 heavy (non-hydrogen) atoms. The van der Waals surface area contributed by atoms with E-state index in [0.29, 0.717) is 11.5 Å². The molecule has 0 bridgehead atoms. The predicted octanol–water partition coefficient (Wildman–Crippen LogP) is 3.00. The van der Waals surface area contributed by atoms with Crippen molar-refractivity contribution in [1.29, 1.82) is 0 Å². The fraction of sp³-hybridized carbons (Fsp3) is 0.600. The van der Waals surface area contributed by atoms with Crippen LogP contribution in [0.15, 0.2) is 12.1 Å². The zero-order chi connectivity index (χ0) is 14.2. The van der Waals surface area contributed by atoms with Crippen LogP contribution in [0.1, 0.15) is 51.0 Å². The molecule has 1 aliphatic heterocycles. The minimum atomic E-state index is -0.699. The number of methoxy groups -OCH3 is 1. The van der Waals surface area contributed by atoms with Gasteiger partial charge in [-0.1, -0.05) is 6.07 Å². The summed E-state index contributed by atoms with van der Waals surface area (Å²) in [5, 5.41) is 10.4. The quantitative estimate of drug-likeness (QED) is 0.913. The van der Waals surface area contributed by atoms with Crippen LogP contribution in [0.2, 0.25) is 0 Å². The molecule has 0 aromatic heterocycles. The molecule has 0 spiro atoms. The number of rotatable bonds is 3. The second-order valence-electron chi connectivity index (χ2n) is 5.19. The third kappa shape index (κ3) is 2.55. The molecule has 0 aliphatic carbocycles. The lowest BCUT2D eigenvalue weighted by Gasteiger charge is -2.34. The normalized spacial score (nSPS) is 26.2. The average Bonchev–Trinajstić information content (AvgIpc) is 2.35. The Labute approximate surface area is 114 Å². The van der Waals surface area contributed by atoms with E-state index in [4.69, 9.17) is 14.2 Å². The standard InChI is InChI=1S/C15H22O4/c1-8(2)18-15-12(17-5)7-6-11-9(3)19-10(4)14(16)13(11)15/h6-10,14,16H,1-5H3/t9-,10+,14+/m1/s1. The first kappa shape index (κ1) is 14.2. The highest BCUT2D eigenvalue weighted by Crippen LogP contribution is 2.45. The van der Waals surface area contributed by atoms with Crippen LogP contribution >= 0.6 is 0 Å². The van der Waals surface area contributed by atoms with Crippen LogP contribution in [0.4, 0.5) is 0 Å². The summed E-state index contributed by atoms with van der Waals surface area (Å²) in [6.07, 6.45) is -1.01. The van der Waals surface area contributed by atoms with E-state index in [-0.39, 0.29) is 18.3 Å². The van der Waals surface area contributed by atoms with Gasteiger partial charge in [0.1, 0.15) is 6.10 Å². The van der Waals surface area contributed by atoms with Gasteiger partial charge in [0.2, 0.25) is 0 Å². The van der Waals surface area contributed by atoms with Crippen LogP contribution in [-0.2, 0) is 4.74 Å². The van der Waals surface area contributed by atoms with Gasteiger partial charge >= 0.3 is 0 Å². The summed E-state index contributed by atoms with van der Waals surface area (Å²) in [6.45, 7) is 7.75. The van der Waals surface area contributed by atoms with Crippen molar-refractivity contribution in [2.75, 3.05) is 7.11 Å². The molecule has 0 unspecified atom stereocenters. The molecule has 0 radical (unpaired) electrons.